The van der Waals surface area contributed by atoms with Crippen LogP contribution in [-0.2, 0) is 5.75 Å². The minimum atomic E-state index is 0.142. The largest absolute Gasteiger partial charge is 0.409 e. The Kier molecular flexibility index (Phi) is 5.28. The van der Waals surface area contributed by atoms with Gasteiger partial charge in [0.05, 0.1) is 0 Å². The van der Waals surface area contributed by atoms with E-state index in [1.807, 2.05) is 24.3 Å². The van der Waals surface area contributed by atoms with E-state index >= 15 is 0 Å². The van der Waals surface area contributed by atoms with Crippen molar-refractivity contribution in [2.24, 2.45) is 10.9 Å². The van der Waals surface area contributed by atoms with E-state index in [2.05, 4.69) is 43.3 Å². The molecule has 2 aromatic rings. The van der Waals surface area contributed by atoms with E-state index in [4.69, 9.17) is 10.9 Å². The molecule has 0 aliphatic rings. The molecule has 0 heterocycles. The number of nitrogens with two attached hydrogens (primary N) is 1. The summed E-state index contributed by atoms with van der Waals surface area (Å²) in [6, 6.07) is 16.4. The van der Waals surface area contributed by atoms with Crippen LogP contribution in [0.4, 0.5) is 0 Å². The van der Waals surface area contributed by atoms with Gasteiger partial charge in [0.15, 0.2) is 5.84 Å². The van der Waals surface area contributed by atoms with Crippen LogP contribution in [0.5, 0.6) is 0 Å². The zero-order valence-corrected chi connectivity index (χ0v) is 13.1. The molecule has 0 aliphatic carbocycles. The number of hydrogen-bond donors (Lipinski definition) is 2. The third kappa shape index (κ3) is 4.26. The highest BCUT2D eigenvalue weighted by molar-refractivity contribution is 7.98. The SMILES string of the molecule is CC(C)c1ccc(SCc2cccc(/C(N)=N/O)c2)cc1. The van der Waals surface area contributed by atoms with Crippen LogP contribution in [-0.4, -0.2) is 11.0 Å². The first kappa shape index (κ1) is 15.4. The molecule has 0 saturated carbocycles. The molecule has 3 N–H and O–H groups in total. The quantitative estimate of drug-likeness (QED) is 0.286. The van der Waals surface area contributed by atoms with Gasteiger partial charge in [0.1, 0.15) is 0 Å². The monoisotopic (exact) mass is 300 g/mol. The summed E-state index contributed by atoms with van der Waals surface area (Å²) in [7, 11) is 0. The molecule has 0 aromatic heterocycles. The average Bonchev–Trinajstić information content (AvgIpc) is 2.52. The second kappa shape index (κ2) is 7.18. The zero-order valence-electron chi connectivity index (χ0n) is 12.3. The molecule has 110 valence electrons. The standard InChI is InChI=1S/C17H20N2OS/c1-12(2)14-6-8-16(9-7-14)21-11-13-4-3-5-15(10-13)17(18)19-20/h3-10,12,20H,11H2,1-2H3,(H2,18,19). The van der Waals surface area contributed by atoms with E-state index in [0.717, 1.165) is 16.9 Å². The molecule has 0 unspecified atom stereocenters. The Balaban J connectivity index is 2.03. The molecule has 0 radical (unpaired) electrons. The summed E-state index contributed by atoms with van der Waals surface area (Å²) in [6.07, 6.45) is 0. The van der Waals surface area contributed by atoms with Gasteiger partial charge in [-0.25, -0.2) is 0 Å². The molecule has 0 spiro atoms. The maximum absolute atomic E-state index is 8.72. The molecular formula is C17H20N2OS. The second-order valence-electron chi connectivity index (χ2n) is 5.20. The second-order valence-corrected chi connectivity index (χ2v) is 6.25. The highest BCUT2D eigenvalue weighted by Gasteiger charge is 2.03. The summed E-state index contributed by atoms with van der Waals surface area (Å²) in [5.74, 6) is 1.55. The Morgan fingerprint density at radius 2 is 1.90 bits per heavy atom. The summed E-state index contributed by atoms with van der Waals surface area (Å²) in [4.78, 5) is 1.24. The van der Waals surface area contributed by atoms with Crippen molar-refractivity contribution >= 4 is 17.6 Å². The van der Waals surface area contributed by atoms with Gasteiger partial charge in [0, 0.05) is 16.2 Å². The molecule has 0 fully saturated rings. The molecular weight excluding hydrogens is 280 g/mol. The Morgan fingerprint density at radius 1 is 1.19 bits per heavy atom. The molecule has 3 nitrogen and oxygen atoms in total. The van der Waals surface area contributed by atoms with Gasteiger partial charge < -0.3 is 10.9 Å². The molecule has 2 rings (SSSR count). The molecule has 21 heavy (non-hydrogen) atoms. The number of nitrogens with zero attached hydrogens (tertiary/aromatic N) is 1. The van der Waals surface area contributed by atoms with Crippen LogP contribution in [0.25, 0.3) is 0 Å². The van der Waals surface area contributed by atoms with Gasteiger partial charge >= 0.3 is 0 Å². The molecule has 0 atom stereocenters. The fourth-order valence-corrected chi connectivity index (χ4v) is 2.84. The number of rotatable bonds is 5. The summed E-state index contributed by atoms with van der Waals surface area (Å²) in [5, 5.41) is 11.7. The van der Waals surface area contributed by atoms with Crippen LogP contribution in [0, 0.1) is 0 Å². The highest BCUT2D eigenvalue weighted by Crippen LogP contribution is 2.25. The Bertz CT molecular complexity index is 621. The number of hydrogen-bond acceptors (Lipinski definition) is 3. The molecule has 0 aliphatic heterocycles. The van der Waals surface area contributed by atoms with Crippen LogP contribution >= 0.6 is 11.8 Å². The van der Waals surface area contributed by atoms with E-state index in [9.17, 15) is 0 Å². The Hall–Kier alpha value is -1.94. The van der Waals surface area contributed by atoms with E-state index < -0.39 is 0 Å². The highest BCUT2D eigenvalue weighted by atomic mass is 32.2. The van der Waals surface area contributed by atoms with Gasteiger partial charge in [0.2, 0.25) is 0 Å². The van der Waals surface area contributed by atoms with Gasteiger partial charge in [-0.1, -0.05) is 49.3 Å². The van der Waals surface area contributed by atoms with Crippen LogP contribution in [0.15, 0.2) is 58.6 Å². The van der Waals surface area contributed by atoms with Crippen LogP contribution in [0.3, 0.4) is 0 Å². The van der Waals surface area contributed by atoms with E-state index in [-0.39, 0.29) is 5.84 Å². The van der Waals surface area contributed by atoms with Gasteiger partial charge in [-0.3, -0.25) is 0 Å². The third-order valence-corrected chi connectivity index (χ3v) is 4.37. The lowest BCUT2D eigenvalue weighted by atomic mass is 10.0. The van der Waals surface area contributed by atoms with Gasteiger partial charge in [-0.15, -0.1) is 11.8 Å². The molecule has 2 aromatic carbocycles. The van der Waals surface area contributed by atoms with Crippen LogP contribution in [0.2, 0.25) is 0 Å². The molecule has 0 saturated heterocycles. The van der Waals surface area contributed by atoms with Crippen molar-refractivity contribution in [3.63, 3.8) is 0 Å². The summed E-state index contributed by atoms with van der Waals surface area (Å²) in [6.45, 7) is 4.39. The first-order chi connectivity index (χ1) is 10.1. The molecule has 0 amide bonds. The van der Waals surface area contributed by atoms with Crippen molar-refractivity contribution < 1.29 is 5.21 Å². The van der Waals surface area contributed by atoms with Crippen molar-refractivity contribution in [3.05, 3.63) is 65.2 Å². The van der Waals surface area contributed by atoms with Crippen molar-refractivity contribution in [2.45, 2.75) is 30.4 Å². The number of benzene rings is 2. The summed E-state index contributed by atoms with van der Waals surface area (Å²) in [5.41, 5.74) is 8.85. The lowest BCUT2D eigenvalue weighted by molar-refractivity contribution is 0.318. The Morgan fingerprint density at radius 3 is 2.52 bits per heavy atom. The number of thioether (sulfide) groups is 1. The first-order valence-electron chi connectivity index (χ1n) is 6.89. The van der Waals surface area contributed by atoms with Gasteiger partial charge in [-0.05, 0) is 35.2 Å². The van der Waals surface area contributed by atoms with Crippen molar-refractivity contribution in [2.75, 3.05) is 0 Å². The summed E-state index contributed by atoms with van der Waals surface area (Å²) >= 11 is 1.78. The van der Waals surface area contributed by atoms with Crippen molar-refractivity contribution in [3.8, 4) is 0 Å². The average molecular weight is 300 g/mol. The minimum absolute atomic E-state index is 0.142. The van der Waals surface area contributed by atoms with Crippen LogP contribution < -0.4 is 5.73 Å². The number of oxime groups is 1. The predicted octanol–water partition coefficient (Wildman–Crippen LogP) is 4.20. The Labute approximate surface area is 129 Å². The lowest BCUT2D eigenvalue weighted by Gasteiger charge is -2.07. The van der Waals surface area contributed by atoms with E-state index in [0.29, 0.717) is 5.92 Å². The van der Waals surface area contributed by atoms with E-state index in [1.54, 1.807) is 11.8 Å². The fraction of sp³-hybridized carbons (Fsp3) is 0.235. The van der Waals surface area contributed by atoms with Crippen molar-refractivity contribution in [1.29, 1.82) is 0 Å². The molecule has 4 heteroatoms. The predicted molar refractivity (Wildman–Crippen MR) is 89.0 cm³/mol. The fourth-order valence-electron chi connectivity index (χ4n) is 1.99. The normalized spacial score (nSPS) is 11.9. The zero-order chi connectivity index (χ0) is 15.2. The van der Waals surface area contributed by atoms with Crippen molar-refractivity contribution in [1.82, 2.24) is 0 Å². The minimum Gasteiger partial charge on any atom is -0.409 e. The lowest BCUT2D eigenvalue weighted by Crippen LogP contribution is -2.13. The number of amidine groups is 1. The maximum Gasteiger partial charge on any atom is 0.170 e. The topological polar surface area (TPSA) is 58.6 Å². The summed E-state index contributed by atoms with van der Waals surface area (Å²) < 4.78 is 0. The van der Waals surface area contributed by atoms with Gasteiger partial charge in [0.25, 0.3) is 0 Å². The molecule has 0 bridgehead atoms. The maximum atomic E-state index is 8.72. The van der Waals surface area contributed by atoms with Crippen LogP contribution in [0.1, 0.15) is 36.5 Å². The van der Waals surface area contributed by atoms with Gasteiger partial charge in [-0.2, -0.15) is 0 Å². The third-order valence-electron chi connectivity index (χ3n) is 3.28. The van der Waals surface area contributed by atoms with E-state index in [1.165, 1.54) is 10.5 Å². The smallest absolute Gasteiger partial charge is 0.170 e. The first-order valence-corrected chi connectivity index (χ1v) is 7.88.